The fourth-order valence-corrected chi connectivity index (χ4v) is 1.56. The molecule has 5 nitrogen and oxygen atoms in total. The van der Waals surface area contributed by atoms with Gasteiger partial charge in [0.05, 0.1) is 19.2 Å². The fraction of sp³-hybridized carbons (Fsp3) is 0.286. The first-order chi connectivity index (χ1) is 6.61. The zero-order chi connectivity index (χ0) is 10.6. The zero-order valence-electron chi connectivity index (χ0n) is 7.86. The van der Waals surface area contributed by atoms with E-state index in [1.807, 2.05) is 0 Å². The third-order valence-corrected chi connectivity index (χ3v) is 2.15. The molecule has 0 aliphatic heterocycles. The quantitative estimate of drug-likeness (QED) is 0.566. The lowest BCUT2D eigenvalue weighted by Crippen LogP contribution is -2.07. The van der Waals surface area contributed by atoms with Crippen molar-refractivity contribution in [2.75, 3.05) is 12.4 Å². The highest BCUT2D eigenvalue weighted by atomic mass is 32.1. The Morgan fingerprint density at radius 3 is 3.00 bits per heavy atom. The number of methoxy groups -OCH3 is 1. The minimum Gasteiger partial charge on any atom is -0.469 e. The number of carbonyl (C=O) groups excluding carboxylic acids is 2. The van der Waals surface area contributed by atoms with Gasteiger partial charge < -0.3 is 10.1 Å². The van der Waals surface area contributed by atoms with Crippen LogP contribution in [0.2, 0.25) is 0 Å². The zero-order valence-corrected chi connectivity index (χ0v) is 8.68. The van der Waals surface area contributed by atoms with Gasteiger partial charge in [-0.15, -0.1) is 0 Å². The summed E-state index contributed by atoms with van der Waals surface area (Å²) in [6.45, 7) is 0. The number of esters is 1. The summed E-state index contributed by atoms with van der Waals surface area (Å²) < 4.78 is 8.47. The van der Waals surface area contributed by atoms with Gasteiger partial charge in [0.2, 0.25) is 7.85 Å². The molecule has 0 spiro atoms. The average molecular weight is 212 g/mol. The third-order valence-electron chi connectivity index (χ3n) is 1.41. The van der Waals surface area contributed by atoms with Crippen LogP contribution in [0.5, 0.6) is 0 Å². The number of aromatic nitrogens is 1. The Kier molecular flexibility index (Phi) is 3.64. The van der Waals surface area contributed by atoms with Gasteiger partial charge in [-0.05, 0) is 17.6 Å². The lowest BCUT2D eigenvalue weighted by atomic mass is 10.1. The average Bonchev–Trinajstić information content (AvgIpc) is 2.51. The highest BCUT2D eigenvalue weighted by Crippen LogP contribution is 2.16. The largest absolute Gasteiger partial charge is 0.469 e. The predicted octanol–water partition coefficient (Wildman–Crippen LogP) is 0.0236. The van der Waals surface area contributed by atoms with Crippen molar-refractivity contribution in [1.29, 1.82) is 0 Å². The van der Waals surface area contributed by atoms with Crippen molar-refractivity contribution in [1.82, 2.24) is 4.37 Å². The summed E-state index contributed by atoms with van der Waals surface area (Å²) in [6, 6.07) is 1.66. The first kappa shape index (κ1) is 10.7. The number of hydrogen-bond acceptors (Lipinski definition) is 5. The van der Waals surface area contributed by atoms with Gasteiger partial charge in [-0.1, -0.05) is 0 Å². The molecule has 1 aromatic heterocycles. The van der Waals surface area contributed by atoms with E-state index >= 15 is 0 Å². The highest BCUT2D eigenvalue weighted by molar-refractivity contribution is 7.10. The summed E-state index contributed by atoms with van der Waals surface area (Å²) in [5, 5.41) is 3.22. The van der Waals surface area contributed by atoms with Crippen molar-refractivity contribution < 1.29 is 14.3 Å². The molecule has 1 heterocycles. The van der Waals surface area contributed by atoms with Gasteiger partial charge in [-0.25, -0.2) is 0 Å². The van der Waals surface area contributed by atoms with Gasteiger partial charge in [-0.2, -0.15) is 4.37 Å². The van der Waals surface area contributed by atoms with Gasteiger partial charge in [-0.3, -0.25) is 9.59 Å². The number of amides is 1. The molecule has 0 atom stereocenters. The third kappa shape index (κ3) is 3.17. The van der Waals surface area contributed by atoms with E-state index in [4.69, 9.17) is 0 Å². The van der Waals surface area contributed by atoms with Crippen LogP contribution >= 0.6 is 11.5 Å². The SMILES string of the molecule is BC(=O)Nc1cc(CC(=O)OC)ns1. The van der Waals surface area contributed by atoms with Gasteiger partial charge in [0.1, 0.15) is 5.00 Å². The fourth-order valence-electron chi connectivity index (χ4n) is 0.848. The van der Waals surface area contributed by atoms with Crippen molar-refractivity contribution in [3.63, 3.8) is 0 Å². The lowest BCUT2D eigenvalue weighted by molar-refractivity contribution is -0.139. The second kappa shape index (κ2) is 4.76. The Bertz CT molecular complexity index is 352. The second-order valence-electron chi connectivity index (χ2n) is 2.62. The number of nitrogens with zero attached hydrogens (tertiary/aromatic N) is 1. The Balaban J connectivity index is 2.59. The maximum Gasteiger partial charge on any atom is 0.311 e. The molecule has 0 bridgehead atoms. The number of carbonyl (C=O) groups is 2. The van der Waals surface area contributed by atoms with E-state index in [0.717, 1.165) is 11.5 Å². The molecule has 0 aliphatic rings. The second-order valence-corrected chi connectivity index (χ2v) is 3.42. The van der Waals surface area contributed by atoms with Crippen LogP contribution in [-0.4, -0.2) is 31.1 Å². The molecule has 0 saturated heterocycles. The van der Waals surface area contributed by atoms with Crippen molar-refractivity contribution in [2.45, 2.75) is 6.42 Å². The molecule has 0 fully saturated rings. The first-order valence-corrected chi connectivity index (χ1v) is 4.69. The van der Waals surface area contributed by atoms with E-state index in [9.17, 15) is 9.59 Å². The summed E-state index contributed by atoms with van der Waals surface area (Å²) in [5.41, 5.74) is 0.602. The Hall–Kier alpha value is -1.37. The van der Waals surface area contributed by atoms with E-state index in [-0.39, 0.29) is 18.2 Å². The van der Waals surface area contributed by atoms with Crippen molar-refractivity contribution in [3.05, 3.63) is 11.8 Å². The molecule has 1 N–H and O–H groups in total. The smallest absolute Gasteiger partial charge is 0.311 e. The van der Waals surface area contributed by atoms with Crippen LogP contribution in [0.3, 0.4) is 0 Å². The summed E-state index contributed by atoms with van der Waals surface area (Å²) in [4.78, 5) is 21.5. The molecule has 1 amide bonds. The molecule has 0 unspecified atom stereocenters. The molecular formula is C7H9BN2O3S. The summed E-state index contributed by atoms with van der Waals surface area (Å²) in [5.74, 6) is -0.497. The molecule has 0 aromatic carbocycles. The normalized spacial score (nSPS) is 9.50. The van der Waals surface area contributed by atoms with Crippen LogP contribution < -0.4 is 5.32 Å². The van der Waals surface area contributed by atoms with E-state index in [2.05, 4.69) is 14.4 Å². The van der Waals surface area contributed by atoms with Crippen LogP contribution in [0.4, 0.5) is 9.80 Å². The number of ether oxygens (including phenoxy) is 1. The molecule has 1 rings (SSSR count). The molecule has 0 radical (unpaired) electrons. The first-order valence-electron chi connectivity index (χ1n) is 3.92. The monoisotopic (exact) mass is 212 g/mol. The molecular weight excluding hydrogens is 203 g/mol. The molecule has 0 aliphatic carbocycles. The molecule has 1 aromatic rings. The molecule has 14 heavy (non-hydrogen) atoms. The van der Waals surface area contributed by atoms with Crippen LogP contribution in [0.1, 0.15) is 5.69 Å². The molecule has 7 heteroatoms. The summed E-state index contributed by atoms with van der Waals surface area (Å²) in [7, 11) is 2.74. The maximum atomic E-state index is 10.9. The van der Waals surface area contributed by atoms with Crippen LogP contribution in [0.25, 0.3) is 0 Å². The number of nitrogens with one attached hydrogen (secondary N) is 1. The number of anilines is 1. The van der Waals surface area contributed by atoms with Gasteiger partial charge in [0, 0.05) is 0 Å². The Morgan fingerprint density at radius 1 is 1.71 bits per heavy atom. The maximum absolute atomic E-state index is 10.9. The summed E-state index contributed by atoms with van der Waals surface area (Å²) >= 11 is 1.14. The highest BCUT2D eigenvalue weighted by Gasteiger charge is 2.07. The lowest BCUT2D eigenvalue weighted by Gasteiger charge is -1.94. The van der Waals surface area contributed by atoms with Crippen molar-refractivity contribution in [2.24, 2.45) is 0 Å². The van der Waals surface area contributed by atoms with Gasteiger partial charge in [0.25, 0.3) is 0 Å². The van der Waals surface area contributed by atoms with Crippen molar-refractivity contribution in [3.8, 4) is 0 Å². The van der Waals surface area contributed by atoms with E-state index in [1.165, 1.54) is 15.0 Å². The topological polar surface area (TPSA) is 68.3 Å². The van der Waals surface area contributed by atoms with Crippen LogP contribution in [-0.2, 0) is 16.0 Å². The van der Waals surface area contributed by atoms with Gasteiger partial charge in [0.15, 0.2) is 5.81 Å². The van der Waals surface area contributed by atoms with Gasteiger partial charge >= 0.3 is 5.97 Å². The minimum atomic E-state index is -0.343. The van der Waals surface area contributed by atoms with E-state index in [1.54, 1.807) is 6.07 Å². The molecule has 74 valence electrons. The number of rotatable bonds is 3. The standard InChI is InChI=1S/C7H9BN2O3S/c1-13-6(11)3-4-2-5(14-10-4)9-7(8)12/h2H,3,8H2,1H3,(H,9,12). The number of hydrogen-bond donors (Lipinski definition) is 1. The van der Waals surface area contributed by atoms with Crippen molar-refractivity contribution >= 4 is 36.2 Å². The minimum absolute atomic E-state index is 0.132. The Labute approximate surface area is 86.0 Å². The Morgan fingerprint density at radius 2 is 2.43 bits per heavy atom. The summed E-state index contributed by atoms with van der Waals surface area (Å²) in [6.07, 6.45) is 0.132. The molecule has 0 saturated carbocycles. The van der Waals surface area contributed by atoms with Crippen LogP contribution in [0, 0.1) is 0 Å². The predicted molar refractivity (Wildman–Crippen MR) is 55.4 cm³/mol. The van der Waals surface area contributed by atoms with Crippen LogP contribution in [0.15, 0.2) is 6.07 Å². The van der Waals surface area contributed by atoms with E-state index < -0.39 is 0 Å². The van der Waals surface area contributed by atoms with E-state index in [0.29, 0.717) is 10.7 Å².